The molecule has 4 heteroatoms. The molecule has 1 heterocycles. The van der Waals surface area contributed by atoms with Gasteiger partial charge in [0.15, 0.2) is 0 Å². The van der Waals surface area contributed by atoms with Crippen molar-refractivity contribution >= 4 is 5.91 Å². The minimum atomic E-state index is -0.336. The number of rotatable bonds is 6. The summed E-state index contributed by atoms with van der Waals surface area (Å²) < 4.78 is 0. The molecule has 144 valence electrons. The normalized spacial score (nSPS) is 29.7. The molecule has 0 spiro atoms. The summed E-state index contributed by atoms with van der Waals surface area (Å²) in [4.78, 5) is 17.7. The van der Waals surface area contributed by atoms with E-state index in [1.54, 1.807) is 0 Å². The van der Waals surface area contributed by atoms with Crippen molar-refractivity contribution < 1.29 is 4.79 Å². The van der Waals surface area contributed by atoms with Crippen molar-refractivity contribution in [2.24, 2.45) is 17.6 Å². The van der Waals surface area contributed by atoms with Gasteiger partial charge in [0, 0.05) is 31.7 Å². The summed E-state index contributed by atoms with van der Waals surface area (Å²) in [6.07, 6.45) is 5.39. The van der Waals surface area contributed by atoms with E-state index < -0.39 is 0 Å². The van der Waals surface area contributed by atoms with Gasteiger partial charge in [-0.2, -0.15) is 0 Å². The molecule has 3 rings (SSSR count). The average molecular weight is 358 g/mol. The lowest BCUT2D eigenvalue weighted by atomic mass is 9.74. The molecule has 1 saturated carbocycles. The third-order valence-corrected chi connectivity index (χ3v) is 6.34. The Hall–Kier alpha value is -1.39. The second-order valence-electron chi connectivity index (χ2n) is 8.56. The molecule has 4 nitrogen and oxygen atoms in total. The van der Waals surface area contributed by atoms with Crippen molar-refractivity contribution in [2.45, 2.75) is 58.0 Å². The van der Waals surface area contributed by atoms with Crippen LogP contribution in [-0.4, -0.2) is 47.4 Å². The predicted octanol–water partition coefficient (Wildman–Crippen LogP) is 3.26. The van der Waals surface area contributed by atoms with E-state index in [-0.39, 0.29) is 11.5 Å². The van der Waals surface area contributed by atoms with Crippen molar-refractivity contribution in [1.29, 1.82) is 0 Å². The van der Waals surface area contributed by atoms with Gasteiger partial charge < -0.3 is 10.6 Å². The Morgan fingerprint density at radius 3 is 2.73 bits per heavy atom. The fourth-order valence-electron chi connectivity index (χ4n) is 4.72. The molecule has 1 aliphatic carbocycles. The highest BCUT2D eigenvalue weighted by atomic mass is 16.2. The van der Waals surface area contributed by atoms with Crippen molar-refractivity contribution in [3.8, 4) is 0 Å². The number of nitrogens with two attached hydrogens (primary N) is 1. The molecule has 2 fully saturated rings. The van der Waals surface area contributed by atoms with Crippen LogP contribution in [0.4, 0.5) is 0 Å². The summed E-state index contributed by atoms with van der Waals surface area (Å²) in [5, 5.41) is 0. The summed E-state index contributed by atoms with van der Waals surface area (Å²) in [6, 6.07) is 10.7. The number of amides is 1. The number of likely N-dealkylation sites (tertiary alicyclic amines) is 1. The zero-order valence-electron chi connectivity index (χ0n) is 16.5. The lowest BCUT2D eigenvalue weighted by molar-refractivity contribution is -0.139. The van der Waals surface area contributed by atoms with Gasteiger partial charge >= 0.3 is 0 Å². The van der Waals surface area contributed by atoms with Crippen LogP contribution in [0.1, 0.15) is 51.5 Å². The average Bonchev–Trinajstić information content (AvgIpc) is 3.06. The van der Waals surface area contributed by atoms with Gasteiger partial charge in [0.1, 0.15) is 0 Å². The molecule has 3 unspecified atom stereocenters. The Labute approximate surface area is 158 Å². The topological polar surface area (TPSA) is 49.6 Å². The largest absolute Gasteiger partial charge is 0.342 e. The van der Waals surface area contributed by atoms with Crippen LogP contribution in [0.15, 0.2) is 30.3 Å². The van der Waals surface area contributed by atoms with E-state index in [1.165, 1.54) is 12.0 Å². The lowest BCUT2D eigenvalue weighted by Crippen LogP contribution is -2.54. The van der Waals surface area contributed by atoms with Gasteiger partial charge in [0.05, 0.1) is 5.92 Å². The van der Waals surface area contributed by atoms with Crippen LogP contribution in [0.3, 0.4) is 0 Å². The van der Waals surface area contributed by atoms with E-state index in [9.17, 15) is 4.79 Å². The number of nitrogens with zero attached hydrogens (tertiary/aromatic N) is 2. The maximum atomic E-state index is 13.1. The predicted molar refractivity (Wildman–Crippen MR) is 107 cm³/mol. The maximum Gasteiger partial charge on any atom is 0.227 e. The quantitative estimate of drug-likeness (QED) is 0.850. The standard InChI is InChI=1S/C22H35N3O/c1-3-25(21(26)20-11-7-8-13-22(20,2)23)17-19-12-14-24(16-19)15-18-9-5-4-6-10-18/h4-6,9-10,19-20H,3,7-8,11-17,23H2,1-2H3. The molecule has 1 aromatic rings. The van der Waals surface area contributed by atoms with Crippen LogP contribution in [0.5, 0.6) is 0 Å². The highest BCUT2D eigenvalue weighted by Crippen LogP contribution is 2.33. The Kier molecular flexibility index (Phi) is 6.36. The van der Waals surface area contributed by atoms with Crippen LogP contribution in [-0.2, 0) is 11.3 Å². The van der Waals surface area contributed by atoms with Crippen molar-refractivity contribution in [2.75, 3.05) is 26.2 Å². The van der Waals surface area contributed by atoms with Crippen LogP contribution < -0.4 is 5.73 Å². The minimum absolute atomic E-state index is 0.00183. The van der Waals surface area contributed by atoms with E-state index in [0.29, 0.717) is 11.8 Å². The molecule has 3 atom stereocenters. The van der Waals surface area contributed by atoms with Crippen LogP contribution in [0, 0.1) is 11.8 Å². The van der Waals surface area contributed by atoms with E-state index in [1.807, 2.05) is 0 Å². The Balaban J connectivity index is 1.54. The fourth-order valence-corrected chi connectivity index (χ4v) is 4.72. The fraction of sp³-hybridized carbons (Fsp3) is 0.682. The van der Waals surface area contributed by atoms with E-state index in [4.69, 9.17) is 5.73 Å². The van der Waals surface area contributed by atoms with Crippen molar-refractivity contribution in [3.63, 3.8) is 0 Å². The van der Waals surface area contributed by atoms with Gasteiger partial charge in [-0.1, -0.05) is 43.2 Å². The molecular formula is C22H35N3O. The molecule has 0 aromatic heterocycles. The second-order valence-corrected chi connectivity index (χ2v) is 8.56. The summed E-state index contributed by atoms with van der Waals surface area (Å²) in [7, 11) is 0. The molecule has 1 saturated heterocycles. The first-order valence-corrected chi connectivity index (χ1v) is 10.3. The molecule has 26 heavy (non-hydrogen) atoms. The van der Waals surface area contributed by atoms with Gasteiger partial charge in [-0.15, -0.1) is 0 Å². The summed E-state index contributed by atoms with van der Waals surface area (Å²) in [5.41, 5.74) is 7.51. The number of hydrogen-bond donors (Lipinski definition) is 1. The molecule has 0 bridgehead atoms. The highest BCUT2D eigenvalue weighted by molar-refractivity contribution is 5.80. The number of carbonyl (C=O) groups is 1. The SMILES string of the molecule is CCN(CC1CCN(Cc2ccccc2)C1)C(=O)C1CCCCC1(C)N. The Bertz CT molecular complexity index is 586. The smallest absolute Gasteiger partial charge is 0.227 e. The highest BCUT2D eigenvalue weighted by Gasteiger charge is 2.40. The van der Waals surface area contributed by atoms with Gasteiger partial charge in [0.2, 0.25) is 5.91 Å². The van der Waals surface area contributed by atoms with Crippen molar-refractivity contribution in [3.05, 3.63) is 35.9 Å². The second kappa shape index (κ2) is 8.53. The molecule has 2 aliphatic rings. The summed E-state index contributed by atoms with van der Waals surface area (Å²) >= 11 is 0. The van der Waals surface area contributed by atoms with E-state index in [0.717, 1.165) is 58.4 Å². The Morgan fingerprint density at radius 1 is 1.27 bits per heavy atom. The molecular weight excluding hydrogens is 322 g/mol. The van der Waals surface area contributed by atoms with Gasteiger partial charge in [-0.3, -0.25) is 9.69 Å². The first-order chi connectivity index (χ1) is 12.5. The third kappa shape index (κ3) is 4.66. The first kappa shape index (κ1) is 19.4. The summed E-state index contributed by atoms with van der Waals surface area (Å²) in [5.74, 6) is 0.868. The molecule has 1 amide bonds. The number of hydrogen-bond acceptors (Lipinski definition) is 3. The van der Waals surface area contributed by atoms with E-state index in [2.05, 4.69) is 54.0 Å². The van der Waals surface area contributed by atoms with Gasteiger partial charge in [-0.05, 0) is 51.1 Å². The van der Waals surface area contributed by atoms with Gasteiger partial charge in [0.25, 0.3) is 0 Å². The molecule has 2 N–H and O–H groups in total. The Morgan fingerprint density at radius 2 is 2.04 bits per heavy atom. The number of benzene rings is 1. The monoisotopic (exact) mass is 357 g/mol. The lowest BCUT2D eigenvalue weighted by Gasteiger charge is -2.40. The zero-order chi connectivity index (χ0) is 18.6. The summed E-state index contributed by atoms with van der Waals surface area (Å²) in [6.45, 7) is 9.08. The molecule has 1 aromatic carbocycles. The zero-order valence-corrected chi connectivity index (χ0v) is 16.5. The maximum absolute atomic E-state index is 13.1. The van der Waals surface area contributed by atoms with Crippen LogP contribution in [0.2, 0.25) is 0 Å². The minimum Gasteiger partial charge on any atom is -0.342 e. The molecule has 0 radical (unpaired) electrons. The van der Waals surface area contributed by atoms with Crippen LogP contribution >= 0.6 is 0 Å². The van der Waals surface area contributed by atoms with Crippen LogP contribution in [0.25, 0.3) is 0 Å². The van der Waals surface area contributed by atoms with E-state index >= 15 is 0 Å². The molecule has 1 aliphatic heterocycles. The number of carbonyl (C=O) groups excluding carboxylic acids is 1. The first-order valence-electron chi connectivity index (χ1n) is 10.3. The van der Waals surface area contributed by atoms with Crippen molar-refractivity contribution in [1.82, 2.24) is 9.80 Å². The van der Waals surface area contributed by atoms with Gasteiger partial charge in [-0.25, -0.2) is 0 Å². The third-order valence-electron chi connectivity index (χ3n) is 6.34.